The molecule has 0 fully saturated rings. The van der Waals surface area contributed by atoms with Crippen LogP contribution in [0.3, 0.4) is 0 Å². The van der Waals surface area contributed by atoms with Crippen molar-refractivity contribution >= 4 is 17.0 Å². The molecule has 15 heavy (non-hydrogen) atoms. The first kappa shape index (κ1) is 9.71. The van der Waals surface area contributed by atoms with Crippen molar-refractivity contribution in [1.29, 1.82) is 0 Å². The van der Waals surface area contributed by atoms with Crippen molar-refractivity contribution in [2.45, 2.75) is 13.3 Å². The minimum absolute atomic E-state index is 0.354. The standard InChI is InChI=1S/C11H12N2O2/c1-3-7-5-12-10-9(7)4-8(6-13-10)11(14)15-2/h4-6H,3H2,1-2H3,(H,12,13). The van der Waals surface area contributed by atoms with E-state index in [1.54, 1.807) is 0 Å². The molecule has 0 spiro atoms. The lowest BCUT2D eigenvalue weighted by Gasteiger charge is -1.99. The van der Waals surface area contributed by atoms with Crippen LogP contribution in [-0.4, -0.2) is 23.0 Å². The first-order valence-corrected chi connectivity index (χ1v) is 4.80. The molecule has 0 atom stereocenters. The van der Waals surface area contributed by atoms with Crippen LogP contribution >= 0.6 is 0 Å². The van der Waals surface area contributed by atoms with Gasteiger partial charge in [-0.25, -0.2) is 9.78 Å². The van der Waals surface area contributed by atoms with Gasteiger partial charge in [-0.15, -0.1) is 0 Å². The van der Waals surface area contributed by atoms with Crippen molar-refractivity contribution < 1.29 is 9.53 Å². The van der Waals surface area contributed by atoms with Gasteiger partial charge >= 0.3 is 5.97 Å². The second-order valence-electron chi connectivity index (χ2n) is 3.28. The van der Waals surface area contributed by atoms with Gasteiger partial charge in [0.05, 0.1) is 12.7 Å². The van der Waals surface area contributed by atoms with Gasteiger partial charge in [0.25, 0.3) is 0 Å². The van der Waals surface area contributed by atoms with Crippen LogP contribution in [-0.2, 0) is 11.2 Å². The average molecular weight is 204 g/mol. The first-order valence-electron chi connectivity index (χ1n) is 4.80. The summed E-state index contributed by atoms with van der Waals surface area (Å²) in [6.07, 6.45) is 4.34. The van der Waals surface area contributed by atoms with Crippen molar-refractivity contribution in [2.24, 2.45) is 0 Å². The van der Waals surface area contributed by atoms with E-state index >= 15 is 0 Å². The molecule has 0 aliphatic heterocycles. The number of nitrogens with zero attached hydrogens (tertiary/aromatic N) is 1. The third kappa shape index (κ3) is 1.58. The summed E-state index contributed by atoms with van der Waals surface area (Å²) in [4.78, 5) is 18.5. The lowest BCUT2D eigenvalue weighted by molar-refractivity contribution is 0.0600. The van der Waals surface area contributed by atoms with E-state index in [-0.39, 0.29) is 5.97 Å². The molecule has 0 unspecified atom stereocenters. The van der Waals surface area contributed by atoms with Gasteiger partial charge in [0.15, 0.2) is 0 Å². The van der Waals surface area contributed by atoms with E-state index in [0.29, 0.717) is 5.56 Å². The summed E-state index contributed by atoms with van der Waals surface area (Å²) in [6, 6.07) is 1.81. The molecule has 0 aromatic carbocycles. The van der Waals surface area contributed by atoms with Gasteiger partial charge in [0.2, 0.25) is 0 Å². The highest BCUT2D eigenvalue weighted by atomic mass is 16.5. The number of hydrogen-bond acceptors (Lipinski definition) is 3. The number of rotatable bonds is 2. The summed E-state index contributed by atoms with van der Waals surface area (Å²) < 4.78 is 4.65. The zero-order chi connectivity index (χ0) is 10.8. The van der Waals surface area contributed by atoms with E-state index in [4.69, 9.17) is 0 Å². The molecule has 1 N–H and O–H groups in total. The lowest BCUT2D eigenvalue weighted by Crippen LogP contribution is -2.01. The van der Waals surface area contributed by atoms with E-state index in [9.17, 15) is 4.79 Å². The highest BCUT2D eigenvalue weighted by Crippen LogP contribution is 2.18. The summed E-state index contributed by atoms with van der Waals surface area (Å²) >= 11 is 0. The molecule has 4 heteroatoms. The number of nitrogens with one attached hydrogen (secondary N) is 1. The molecule has 2 aromatic heterocycles. The van der Waals surface area contributed by atoms with Crippen LogP contribution in [0.5, 0.6) is 0 Å². The molecular weight excluding hydrogens is 192 g/mol. The molecule has 2 aromatic rings. The molecule has 0 saturated carbocycles. The number of carbonyl (C=O) groups excluding carboxylic acids is 1. The fourth-order valence-electron chi connectivity index (χ4n) is 1.58. The average Bonchev–Trinajstić information content (AvgIpc) is 2.69. The van der Waals surface area contributed by atoms with Gasteiger partial charge in [-0.3, -0.25) is 0 Å². The summed E-state index contributed by atoms with van der Waals surface area (Å²) in [6.45, 7) is 2.06. The van der Waals surface area contributed by atoms with Crippen LogP contribution in [0.4, 0.5) is 0 Å². The zero-order valence-corrected chi connectivity index (χ0v) is 8.70. The van der Waals surface area contributed by atoms with Crippen molar-refractivity contribution in [1.82, 2.24) is 9.97 Å². The Morgan fingerprint density at radius 2 is 2.40 bits per heavy atom. The number of aryl methyl sites for hydroxylation is 1. The molecule has 2 heterocycles. The zero-order valence-electron chi connectivity index (χ0n) is 8.70. The quantitative estimate of drug-likeness (QED) is 0.760. The minimum atomic E-state index is -0.354. The Morgan fingerprint density at radius 1 is 1.60 bits per heavy atom. The summed E-state index contributed by atoms with van der Waals surface area (Å²) in [5, 5.41) is 0.986. The number of methoxy groups -OCH3 is 1. The van der Waals surface area contributed by atoms with E-state index in [1.807, 2.05) is 12.3 Å². The minimum Gasteiger partial charge on any atom is -0.465 e. The Balaban J connectivity index is 2.57. The Hall–Kier alpha value is -1.84. The van der Waals surface area contributed by atoms with Gasteiger partial charge in [-0.05, 0) is 18.1 Å². The Morgan fingerprint density at radius 3 is 3.07 bits per heavy atom. The maximum absolute atomic E-state index is 11.3. The van der Waals surface area contributed by atoms with Gasteiger partial charge in [-0.2, -0.15) is 0 Å². The molecule has 0 saturated heterocycles. The van der Waals surface area contributed by atoms with Crippen LogP contribution in [0.25, 0.3) is 11.0 Å². The van der Waals surface area contributed by atoms with Crippen LogP contribution in [0.15, 0.2) is 18.5 Å². The number of ether oxygens (including phenoxy) is 1. The van der Waals surface area contributed by atoms with E-state index in [1.165, 1.54) is 13.3 Å². The molecule has 2 rings (SSSR count). The number of esters is 1. The van der Waals surface area contributed by atoms with E-state index in [0.717, 1.165) is 23.0 Å². The van der Waals surface area contributed by atoms with Crippen molar-refractivity contribution in [2.75, 3.05) is 7.11 Å². The molecule has 0 aliphatic rings. The van der Waals surface area contributed by atoms with Crippen molar-refractivity contribution in [3.05, 3.63) is 29.6 Å². The second-order valence-corrected chi connectivity index (χ2v) is 3.28. The maximum Gasteiger partial charge on any atom is 0.339 e. The smallest absolute Gasteiger partial charge is 0.339 e. The Bertz CT molecular complexity index is 502. The SMILES string of the molecule is CCc1c[nH]c2ncc(C(=O)OC)cc12. The molecule has 0 bridgehead atoms. The van der Waals surface area contributed by atoms with Crippen molar-refractivity contribution in [3.8, 4) is 0 Å². The van der Waals surface area contributed by atoms with E-state index < -0.39 is 0 Å². The fraction of sp³-hybridized carbons (Fsp3) is 0.273. The molecule has 4 nitrogen and oxygen atoms in total. The molecule has 0 aliphatic carbocycles. The molecule has 0 radical (unpaired) electrons. The predicted octanol–water partition coefficient (Wildman–Crippen LogP) is 1.91. The second kappa shape index (κ2) is 3.73. The monoisotopic (exact) mass is 204 g/mol. The highest BCUT2D eigenvalue weighted by molar-refractivity contribution is 5.93. The van der Waals surface area contributed by atoms with Gasteiger partial charge in [0.1, 0.15) is 5.65 Å². The number of pyridine rings is 1. The van der Waals surface area contributed by atoms with Crippen LogP contribution in [0, 0.1) is 0 Å². The van der Waals surface area contributed by atoms with Gasteiger partial charge < -0.3 is 9.72 Å². The fourth-order valence-corrected chi connectivity index (χ4v) is 1.58. The molecule has 78 valence electrons. The van der Waals surface area contributed by atoms with Crippen molar-refractivity contribution in [3.63, 3.8) is 0 Å². The molecule has 0 amide bonds. The number of aromatic nitrogens is 2. The maximum atomic E-state index is 11.3. The summed E-state index contributed by atoms with van der Waals surface area (Å²) in [7, 11) is 1.37. The number of hydrogen-bond donors (Lipinski definition) is 1. The summed E-state index contributed by atoms with van der Waals surface area (Å²) in [5.74, 6) is -0.354. The Kier molecular flexibility index (Phi) is 2.41. The topological polar surface area (TPSA) is 55.0 Å². The third-order valence-electron chi connectivity index (χ3n) is 2.42. The van der Waals surface area contributed by atoms with Gasteiger partial charge in [-0.1, -0.05) is 6.92 Å². The first-order chi connectivity index (χ1) is 7.26. The van der Waals surface area contributed by atoms with Crippen LogP contribution in [0.2, 0.25) is 0 Å². The number of fused-ring (bicyclic) bond motifs is 1. The number of aromatic amines is 1. The number of H-pyrrole nitrogens is 1. The molecular formula is C11H12N2O2. The predicted molar refractivity (Wildman–Crippen MR) is 56.8 cm³/mol. The van der Waals surface area contributed by atoms with Gasteiger partial charge in [0, 0.05) is 17.8 Å². The summed E-state index contributed by atoms with van der Waals surface area (Å²) in [5.41, 5.74) is 2.45. The van der Waals surface area contributed by atoms with Crippen LogP contribution < -0.4 is 0 Å². The largest absolute Gasteiger partial charge is 0.465 e. The third-order valence-corrected chi connectivity index (χ3v) is 2.42. The lowest BCUT2D eigenvalue weighted by atomic mass is 10.1. The normalized spacial score (nSPS) is 10.5. The number of carbonyl (C=O) groups is 1. The van der Waals surface area contributed by atoms with Crippen LogP contribution in [0.1, 0.15) is 22.8 Å². The highest BCUT2D eigenvalue weighted by Gasteiger charge is 2.09. The van der Waals surface area contributed by atoms with E-state index in [2.05, 4.69) is 21.6 Å². The Labute approximate surface area is 87.3 Å².